The number of ether oxygens (including phenoxy) is 1. The van der Waals surface area contributed by atoms with Crippen LogP contribution in [0.2, 0.25) is 0 Å². The summed E-state index contributed by atoms with van der Waals surface area (Å²) in [5.74, 6) is -1.38. The molecule has 0 saturated heterocycles. The molecule has 0 amide bonds. The molecule has 3 N–H and O–H groups in total. The maximum absolute atomic E-state index is 12.5. The number of rotatable bonds is 24. The summed E-state index contributed by atoms with van der Waals surface area (Å²) >= 11 is 0. The van der Waals surface area contributed by atoms with Crippen LogP contribution in [0.4, 0.5) is 0 Å². The Hall–Kier alpha value is -0.800. The summed E-state index contributed by atoms with van der Waals surface area (Å²) in [5, 5.41) is 28.0. The van der Waals surface area contributed by atoms with E-state index in [0.29, 0.717) is 0 Å². The highest BCUT2D eigenvalue weighted by atomic mass is 31.2. The summed E-state index contributed by atoms with van der Waals surface area (Å²) < 4.78 is 22.5. The van der Waals surface area contributed by atoms with Gasteiger partial charge in [-0.3, -0.25) is 4.79 Å². The first kappa shape index (κ1) is 36.2. The topological polar surface area (TPSA) is 136 Å². The van der Waals surface area contributed by atoms with Gasteiger partial charge in [0.15, 0.2) is 13.9 Å². The van der Waals surface area contributed by atoms with E-state index in [1.54, 1.807) is 14.1 Å². The van der Waals surface area contributed by atoms with Gasteiger partial charge < -0.3 is 38.5 Å². The Labute approximate surface area is 225 Å². The molecule has 0 spiro atoms. The molecule has 2 unspecified atom stereocenters. The monoisotopic (exact) mass is 551 g/mol. The lowest BCUT2D eigenvalue weighted by atomic mass is 10.1. The van der Waals surface area contributed by atoms with Gasteiger partial charge in [0.2, 0.25) is 0 Å². The van der Waals surface area contributed by atoms with Gasteiger partial charge in [0.05, 0.1) is 27.2 Å². The quantitative estimate of drug-likeness (QED) is 0.0405. The maximum atomic E-state index is 12.5. The molecule has 10 heteroatoms. The van der Waals surface area contributed by atoms with E-state index in [1.807, 2.05) is 0 Å². The van der Waals surface area contributed by atoms with Gasteiger partial charge in [-0.1, -0.05) is 64.0 Å². The van der Waals surface area contributed by atoms with Gasteiger partial charge in [-0.05, 0) is 39.0 Å². The number of hydrogen-bond donors (Lipinski definition) is 3. The molecule has 0 aromatic heterocycles. The van der Waals surface area contributed by atoms with Crippen molar-refractivity contribution in [2.75, 3.05) is 33.9 Å². The van der Waals surface area contributed by atoms with Crippen molar-refractivity contribution in [2.24, 2.45) is 0 Å². The van der Waals surface area contributed by atoms with Gasteiger partial charge in [0.25, 0.3) is 0 Å². The van der Waals surface area contributed by atoms with Crippen LogP contribution in [0.5, 0.6) is 0 Å². The molecular weight excluding hydrogens is 497 g/mol. The zero-order valence-electron chi connectivity index (χ0n) is 23.7. The van der Waals surface area contributed by atoms with Crippen molar-refractivity contribution < 1.29 is 43.3 Å². The Morgan fingerprint density at radius 1 is 0.919 bits per heavy atom. The number of carbonyl (C=O) groups is 1. The second kappa shape index (κ2) is 21.1. The van der Waals surface area contributed by atoms with Gasteiger partial charge in [0.1, 0.15) is 18.5 Å². The van der Waals surface area contributed by atoms with Crippen LogP contribution in [0.25, 0.3) is 0 Å². The van der Waals surface area contributed by atoms with E-state index in [9.17, 15) is 19.4 Å². The van der Waals surface area contributed by atoms with E-state index in [1.165, 1.54) is 51.9 Å². The second-order valence-electron chi connectivity index (χ2n) is 10.6. The van der Waals surface area contributed by atoms with Gasteiger partial charge >= 0.3 is 5.97 Å². The summed E-state index contributed by atoms with van der Waals surface area (Å²) in [5.41, 5.74) is 0. The van der Waals surface area contributed by atoms with Crippen molar-refractivity contribution in [1.82, 2.24) is 0 Å². The minimum atomic E-state index is -4.36. The molecule has 0 saturated carbocycles. The first-order valence-corrected chi connectivity index (χ1v) is 15.7. The van der Waals surface area contributed by atoms with Crippen LogP contribution in [-0.2, 0) is 18.6 Å². The van der Waals surface area contributed by atoms with E-state index in [0.717, 1.165) is 32.1 Å². The fourth-order valence-electron chi connectivity index (χ4n) is 3.79. The van der Waals surface area contributed by atoms with Crippen molar-refractivity contribution in [3.05, 3.63) is 12.2 Å². The number of esters is 1. The van der Waals surface area contributed by atoms with Crippen molar-refractivity contribution in [3.8, 4) is 0 Å². The Kier molecular flexibility index (Phi) is 20.6. The van der Waals surface area contributed by atoms with Crippen LogP contribution < -0.4 is 4.89 Å². The molecule has 0 aliphatic rings. The maximum Gasteiger partial charge on any atom is 0.305 e. The van der Waals surface area contributed by atoms with Crippen LogP contribution in [0, 0.1) is 0 Å². The highest BCUT2D eigenvalue weighted by Gasteiger charge is 2.34. The van der Waals surface area contributed by atoms with E-state index in [2.05, 4.69) is 19.1 Å². The number of aliphatic hydroxyl groups excluding tert-OH is 2. The minimum absolute atomic E-state index is 0.0207. The molecule has 0 bridgehead atoms. The fourth-order valence-corrected chi connectivity index (χ4v) is 5.27. The SMILES string of the molecule is CCCCCC/C=C\CCCCCCCCC(=O)OC[C@@H](O)COP(=O)([O-])C(C)[N+](C)(C)CCC(O)O. The molecule has 0 rings (SSSR count). The third-order valence-electron chi connectivity index (χ3n) is 6.71. The number of hydrogen-bond acceptors (Lipinski definition) is 8. The average molecular weight is 552 g/mol. The molecule has 0 heterocycles. The number of allylic oxidation sites excluding steroid dienone is 2. The zero-order chi connectivity index (χ0) is 28.2. The smallest absolute Gasteiger partial charge is 0.305 e. The molecular formula is C27H54NO8P. The summed E-state index contributed by atoms with van der Waals surface area (Å²) in [6.07, 6.45) is 16.0. The van der Waals surface area contributed by atoms with E-state index >= 15 is 0 Å². The van der Waals surface area contributed by atoms with Gasteiger partial charge in [-0.25, -0.2) is 0 Å². The number of aliphatic hydroxyl groups is 3. The Bertz CT molecular complexity index is 656. The molecule has 0 radical (unpaired) electrons. The molecule has 9 nitrogen and oxygen atoms in total. The molecule has 37 heavy (non-hydrogen) atoms. The van der Waals surface area contributed by atoms with E-state index < -0.39 is 38.3 Å². The Morgan fingerprint density at radius 2 is 1.46 bits per heavy atom. The summed E-state index contributed by atoms with van der Waals surface area (Å²) in [7, 11) is -1.06. The highest BCUT2D eigenvalue weighted by Crippen LogP contribution is 2.46. The molecule has 0 aliphatic heterocycles. The predicted molar refractivity (Wildman–Crippen MR) is 145 cm³/mol. The van der Waals surface area contributed by atoms with E-state index in [4.69, 9.17) is 19.5 Å². The standard InChI is InChI=1S/C27H54NO8P/c1-5-6-7-8-9-10-11-12-13-14-15-16-17-18-19-27(32)35-22-25(29)23-36-37(33,34)24(2)28(3,4)21-20-26(30)31/h10-11,24-26,29-31H,5-9,12-23H2,1-4H3/b11-10-/t24?,25-/m1/s1. The van der Waals surface area contributed by atoms with Crippen LogP contribution in [0.1, 0.15) is 104 Å². The highest BCUT2D eigenvalue weighted by molar-refractivity contribution is 7.51. The summed E-state index contributed by atoms with van der Waals surface area (Å²) in [6.45, 7) is 3.08. The largest absolute Gasteiger partial charge is 0.774 e. The van der Waals surface area contributed by atoms with Crippen molar-refractivity contribution in [2.45, 2.75) is 122 Å². The molecule has 0 aliphatic carbocycles. The normalized spacial score (nSPS) is 15.7. The third kappa shape index (κ3) is 19.9. The number of quaternary nitrogens is 1. The molecule has 0 aromatic rings. The van der Waals surface area contributed by atoms with Crippen LogP contribution in [0.3, 0.4) is 0 Å². The number of carbonyl (C=O) groups excluding carboxylic acids is 1. The van der Waals surface area contributed by atoms with Crippen molar-refractivity contribution in [1.29, 1.82) is 0 Å². The van der Waals surface area contributed by atoms with Crippen molar-refractivity contribution in [3.63, 3.8) is 0 Å². The van der Waals surface area contributed by atoms with Gasteiger partial charge in [-0.2, -0.15) is 0 Å². The van der Waals surface area contributed by atoms with Gasteiger partial charge in [0, 0.05) is 12.8 Å². The summed E-state index contributed by atoms with van der Waals surface area (Å²) in [4.78, 5) is 24.4. The molecule has 0 aromatic carbocycles. The molecule has 220 valence electrons. The van der Waals surface area contributed by atoms with Crippen molar-refractivity contribution >= 4 is 13.6 Å². The van der Waals surface area contributed by atoms with Crippen LogP contribution >= 0.6 is 7.60 Å². The fraction of sp³-hybridized carbons (Fsp3) is 0.889. The second-order valence-corrected chi connectivity index (χ2v) is 12.6. The van der Waals surface area contributed by atoms with Gasteiger partial charge in [-0.15, -0.1) is 0 Å². The Balaban J connectivity index is 3.87. The first-order valence-electron chi connectivity index (χ1n) is 14.0. The average Bonchev–Trinajstić information content (AvgIpc) is 2.84. The zero-order valence-corrected chi connectivity index (χ0v) is 24.6. The lowest BCUT2D eigenvalue weighted by Crippen LogP contribution is -2.50. The number of unbranched alkanes of at least 4 members (excludes halogenated alkanes) is 10. The summed E-state index contributed by atoms with van der Waals surface area (Å²) in [6, 6.07) is 0. The van der Waals surface area contributed by atoms with Crippen LogP contribution in [-0.4, -0.2) is 77.8 Å². The lowest BCUT2D eigenvalue weighted by molar-refractivity contribution is -0.902. The number of nitrogens with zero attached hydrogens (tertiary/aromatic N) is 1. The van der Waals surface area contributed by atoms with Crippen LogP contribution in [0.15, 0.2) is 12.2 Å². The minimum Gasteiger partial charge on any atom is -0.774 e. The lowest BCUT2D eigenvalue weighted by Gasteiger charge is -2.42. The third-order valence-corrected chi connectivity index (χ3v) is 8.76. The first-order chi connectivity index (χ1) is 17.4. The molecule has 3 atom stereocenters. The predicted octanol–water partition coefficient (Wildman–Crippen LogP) is 4.23. The van der Waals surface area contributed by atoms with E-state index in [-0.39, 0.29) is 30.5 Å². The Morgan fingerprint density at radius 3 is 2.03 bits per heavy atom. The molecule has 0 fully saturated rings.